The van der Waals surface area contributed by atoms with Crippen LogP contribution in [0.1, 0.15) is 18.7 Å². The molecule has 6 heteroatoms. The van der Waals surface area contributed by atoms with Crippen LogP contribution in [0.25, 0.3) is 0 Å². The van der Waals surface area contributed by atoms with E-state index in [4.69, 9.17) is 0 Å². The van der Waals surface area contributed by atoms with Crippen molar-refractivity contribution in [1.82, 2.24) is 10.2 Å². The van der Waals surface area contributed by atoms with Crippen molar-refractivity contribution in [1.29, 1.82) is 0 Å². The summed E-state index contributed by atoms with van der Waals surface area (Å²) in [4.78, 5) is 8.23. The molecule has 1 aromatic rings. The summed E-state index contributed by atoms with van der Waals surface area (Å²) in [6.45, 7) is 7.73. The van der Waals surface area contributed by atoms with Crippen molar-refractivity contribution >= 4 is 53.0 Å². The van der Waals surface area contributed by atoms with Crippen molar-refractivity contribution in [2.24, 2.45) is 4.99 Å². The van der Waals surface area contributed by atoms with Gasteiger partial charge in [0.15, 0.2) is 5.96 Å². The summed E-state index contributed by atoms with van der Waals surface area (Å²) in [7, 11) is 1.88. The third kappa shape index (κ3) is 5.44. The van der Waals surface area contributed by atoms with Gasteiger partial charge in [-0.05, 0) is 31.7 Å². The van der Waals surface area contributed by atoms with Crippen LogP contribution in [0.2, 0.25) is 0 Å². The maximum atomic E-state index is 4.42. The average Bonchev–Trinajstić information content (AvgIpc) is 2.86. The number of halogens is 1. The van der Waals surface area contributed by atoms with Gasteiger partial charge in [-0.2, -0.15) is 11.8 Å². The van der Waals surface area contributed by atoms with Crippen LogP contribution in [0.5, 0.6) is 0 Å². The molecule has 2 rings (SSSR count). The zero-order valence-electron chi connectivity index (χ0n) is 12.4. The second kappa shape index (κ2) is 8.48. The Bertz CT molecular complexity index is 418. The van der Waals surface area contributed by atoms with Crippen LogP contribution in [0, 0.1) is 0 Å². The van der Waals surface area contributed by atoms with Crippen LogP contribution in [0.15, 0.2) is 22.5 Å². The van der Waals surface area contributed by atoms with Crippen LogP contribution in [-0.4, -0.2) is 48.0 Å². The Morgan fingerprint density at radius 2 is 2.30 bits per heavy atom. The molecular weight excluding hydrogens is 401 g/mol. The molecule has 0 amide bonds. The molecule has 1 fully saturated rings. The zero-order chi connectivity index (χ0) is 13.7. The van der Waals surface area contributed by atoms with E-state index in [1.165, 1.54) is 10.6 Å². The van der Waals surface area contributed by atoms with E-state index in [1.54, 1.807) is 0 Å². The Kier molecular flexibility index (Phi) is 7.68. The van der Waals surface area contributed by atoms with Crippen LogP contribution < -0.4 is 5.32 Å². The van der Waals surface area contributed by atoms with Gasteiger partial charge >= 0.3 is 0 Å². The molecule has 0 saturated carbocycles. The topological polar surface area (TPSA) is 27.6 Å². The highest BCUT2D eigenvalue weighted by atomic mass is 127. The van der Waals surface area contributed by atoms with Gasteiger partial charge in [0.05, 0.1) is 0 Å². The van der Waals surface area contributed by atoms with Crippen molar-refractivity contribution in [3.63, 3.8) is 0 Å². The number of aliphatic imine (C=N–C) groups is 1. The molecule has 114 valence electrons. The smallest absolute Gasteiger partial charge is 0.193 e. The normalized spacial score (nSPS) is 18.6. The SMILES string of the molecule is CN=C(NCCc1cccs1)N1CCSC(C)(C)C1.I. The third-order valence-electron chi connectivity index (χ3n) is 3.17. The lowest BCUT2D eigenvalue weighted by molar-refractivity contribution is 0.376. The van der Waals surface area contributed by atoms with Gasteiger partial charge in [-0.1, -0.05) is 6.07 Å². The molecule has 0 radical (unpaired) electrons. The third-order valence-corrected chi connectivity index (χ3v) is 5.41. The van der Waals surface area contributed by atoms with E-state index in [0.717, 1.165) is 32.0 Å². The number of hydrogen-bond donors (Lipinski definition) is 1. The zero-order valence-corrected chi connectivity index (χ0v) is 16.4. The van der Waals surface area contributed by atoms with Crippen LogP contribution in [0.4, 0.5) is 0 Å². The molecule has 0 unspecified atom stereocenters. The molecule has 3 nitrogen and oxygen atoms in total. The van der Waals surface area contributed by atoms with Gasteiger partial charge in [0, 0.05) is 42.1 Å². The Morgan fingerprint density at radius 3 is 2.90 bits per heavy atom. The fourth-order valence-electron chi connectivity index (χ4n) is 2.28. The predicted octanol–water partition coefficient (Wildman–Crippen LogP) is 3.31. The Morgan fingerprint density at radius 1 is 1.50 bits per heavy atom. The van der Waals surface area contributed by atoms with Crippen LogP contribution in [0.3, 0.4) is 0 Å². The summed E-state index contributed by atoms with van der Waals surface area (Å²) in [6, 6.07) is 4.30. The number of hydrogen-bond acceptors (Lipinski definition) is 3. The van der Waals surface area contributed by atoms with Gasteiger partial charge in [0.25, 0.3) is 0 Å². The van der Waals surface area contributed by atoms with Crippen LogP contribution in [-0.2, 0) is 6.42 Å². The highest BCUT2D eigenvalue weighted by Crippen LogP contribution is 2.29. The second-order valence-electron chi connectivity index (χ2n) is 5.33. The summed E-state index contributed by atoms with van der Waals surface area (Å²) in [6.07, 6.45) is 1.07. The van der Waals surface area contributed by atoms with Gasteiger partial charge in [0.1, 0.15) is 0 Å². The summed E-state index contributed by atoms with van der Waals surface area (Å²) in [5.74, 6) is 2.23. The second-order valence-corrected chi connectivity index (χ2v) is 8.17. The standard InChI is InChI=1S/C14H23N3S2.HI/c1-14(2)11-17(8-10-19-14)13(15-3)16-7-6-12-5-4-9-18-12;/h4-5,9H,6-8,10-11H2,1-3H3,(H,15,16);1H. The van der Waals surface area contributed by atoms with E-state index in [-0.39, 0.29) is 24.0 Å². The Hall–Kier alpha value is 0.0500. The van der Waals surface area contributed by atoms with Gasteiger partial charge < -0.3 is 10.2 Å². The predicted molar refractivity (Wildman–Crippen MR) is 103 cm³/mol. The number of guanidine groups is 1. The van der Waals surface area contributed by atoms with Crippen LogP contribution >= 0.6 is 47.1 Å². The molecule has 0 bridgehead atoms. The number of nitrogens with one attached hydrogen (secondary N) is 1. The minimum atomic E-state index is 0. The first kappa shape index (κ1) is 18.1. The first-order valence-electron chi connectivity index (χ1n) is 6.73. The molecule has 1 N–H and O–H groups in total. The molecular formula is C14H24IN3S2. The molecule has 0 atom stereocenters. The van der Waals surface area contributed by atoms with E-state index in [1.807, 2.05) is 18.4 Å². The minimum Gasteiger partial charge on any atom is -0.356 e. The quantitative estimate of drug-likeness (QED) is 0.458. The molecule has 0 aromatic carbocycles. The van der Waals surface area contributed by atoms with E-state index in [0.29, 0.717) is 4.75 Å². The van der Waals surface area contributed by atoms with Crippen molar-refractivity contribution < 1.29 is 0 Å². The lowest BCUT2D eigenvalue weighted by Crippen LogP contribution is -2.51. The van der Waals surface area contributed by atoms with Crippen molar-refractivity contribution in [2.45, 2.75) is 25.0 Å². The highest BCUT2D eigenvalue weighted by molar-refractivity contribution is 14.0. The number of rotatable bonds is 3. The van der Waals surface area contributed by atoms with E-state index in [9.17, 15) is 0 Å². The number of thiophene rings is 1. The lowest BCUT2D eigenvalue weighted by Gasteiger charge is -2.39. The Labute approximate surface area is 147 Å². The highest BCUT2D eigenvalue weighted by Gasteiger charge is 2.28. The van der Waals surface area contributed by atoms with Crippen molar-refractivity contribution in [3.05, 3.63) is 22.4 Å². The molecule has 1 aliphatic rings. The number of nitrogens with zero attached hydrogens (tertiary/aromatic N) is 2. The molecule has 1 aromatic heterocycles. The van der Waals surface area contributed by atoms with Crippen molar-refractivity contribution in [2.75, 3.05) is 32.4 Å². The molecule has 0 aliphatic carbocycles. The fourth-order valence-corrected chi connectivity index (χ4v) is 4.10. The summed E-state index contributed by atoms with van der Waals surface area (Å²) in [5, 5.41) is 5.62. The largest absolute Gasteiger partial charge is 0.356 e. The average molecular weight is 425 g/mol. The maximum Gasteiger partial charge on any atom is 0.193 e. The molecule has 2 heterocycles. The fraction of sp³-hybridized carbons (Fsp3) is 0.643. The first-order chi connectivity index (χ1) is 9.11. The molecule has 20 heavy (non-hydrogen) atoms. The molecule has 1 saturated heterocycles. The summed E-state index contributed by atoms with van der Waals surface area (Å²) >= 11 is 3.87. The van der Waals surface area contributed by atoms with Gasteiger partial charge in [-0.25, -0.2) is 0 Å². The first-order valence-corrected chi connectivity index (χ1v) is 8.59. The van der Waals surface area contributed by atoms with E-state index >= 15 is 0 Å². The minimum absolute atomic E-state index is 0. The maximum absolute atomic E-state index is 4.42. The molecule has 0 spiro atoms. The van der Waals surface area contributed by atoms with Crippen molar-refractivity contribution in [3.8, 4) is 0 Å². The Balaban J connectivity index is 0.00000200. The van der Waals surface area contributed by atoms with Gasteiger partial charge in [0.2, 0.25) is 0 Å². The monoisotopic (exact) mass is 425 g/mol. The van der Waals surface area contributed by atoms with E-state index < -0.39 is 0 Å². The summed E-state index contributed by atoms with van der Waals surface area (Å²) < 4.78 is 0.323. The number of thioether (sulfide) groups is 1. The summed E-state index contributed by atoms with van der Waals surface area (Å²) in [5.41, 5.74) is 0. The van der Waals surface area contributed by atoms with Gasteiger partial charge in [-0.15, -0.1) is 35.3 Å². The lowest BCUT2D eigenvalue weighted by atomic mass is 10.2. The van der Waals surface area contributed by atoms with Gasteiger partial charge in [-0.3, -0.25) is 4.99 Å². The van der Waals surface area contributed by atoms with E-state index in [2.05, 4.69) is 58.3 Å². The molecule has 1 aliphatic heterocycles.